The van der Waals surface area contributed by atoms with E-state index in [2.05, 4.69) is 244 Å². The van der Waals surface area contributed by atoms with Gasteiger partial charge in [0.2, 0.25) is 0 Å². The van der Waals surface area contributed by atoms with Gasteiger partial charge in [-0.2, -0.15) is 5.26 Å². The molecule has 16 aromatic rings. The van der Waals surface area contributed by atoms with Gasteiger partial charge in [0.15, 0.2) is 17.5 Å². The van der Waals surface area contributed by atoms with E-state index in [0.29, 0.717) is 34.3 Å². The number of aromatic nitrogens is 6. The van der Waals surface area contributed by atoms with E-state index in [0.717, 1.165) is 121 Å². The van der Waals surface area contributed by atoms with E-state index in [4.69, 9.17) is 15.0 Å². The van der Waals surface area contributed by atoms with Gasteiger partial charge in [-0.05, 0) is 82.4 Å². The standard InChI is InChI=1S/C76H47N7/c77-48-62-70(76-79-74(51-29-9-3-10-30-51)78-75(80-76)52-31-11-4-12-32-52)72(82-65-41-21-15-35-58(65)59-36-16-22-42-66(59)82)69(55-46-53(49-25-5-1-6-26-49)45-54(47-55)50-27-7-2-8-28-50)73(83-67-43-23-17-37-60(67)61-38-18-24-44-68(61)83)71(62)81-63-39-19-13-33-56(63)57-34-14-20-40-64(57)81/h1-47H. The highest BCUT2D eigenvalue weighted by Crippen LogP contribution is 2.52. The molecule has 0 aliphatic heterocycles. The maximum atomic E-state index is 13.0. The number of fused-ring (bicyclic) bond motifs is 9. The Labute approximate surface area is 478 Å². The summed E-state index contributed by atoms with van der Waals surface area (Å²) >= 11 is 0. The quantitative estimate of drug-likeness (QED) is 0.144. The van der Waals surface area contributed by atoms with Gasteiger partial charge in [0.25, 0.3) is 0 Å². The molecule has 0 amide bonds. The number of nitriles is 1. The van der Waals surface area contributed by atoms with Crippen molar-refractivity contribution in [2.45, 2.75) is 0 Å². The van der Waals surface area contributed by atoms with Gasteiger partial charge >= 0.3 is 0 Å². The Morgan fingerprint density at radius 1 is 0.241 bits per heavy atom. The molecular weight excluding hydrogens is 1010 g/mol. The van der Waals surface area contributed by atoms with Crippen LogP contribution in [-0.4, -0.2) is 28.7 Å². The zero-order valence-electron chi connectivity index (χ0n) is 44.8. The molecule has 0 N–H and O–H groups in total. The third-order valence-electron chi connectivity index (χ3n) is 16.3. The van der Waals surface area contributed by atoms with E-state index in [9.17, 15) is 5.26 Å². The van der Waals surface area contributed by atoms with Gasteiger partial charge < -0.3 is 13.7 Å². The molecule has 7 nitrogen and oxygen atoms in total. The first-order valence-corrected chi connectivity index (χ1v) is 27.9. The summed E-state index contributed by atoms with van der Waals surface area (Å²) < 4.78 is 7.15. The molecule has 0 atom stereocenters. The fourth-order valence-electron chi connectivity index (χ4n) is 12.7. The van der Waals surface area contributed by atoms with Crippen LogP contribution in [0.3, 0.4) is 0 Å². The third-order valence-corrected chi connectivity index (χ3v) is 16.3. The van der Waals surface area contributed by atoms with Crippen LogP contribution >= 0.6 is 0 Å². The fourth-order valence-corrected chi connectivity index (χ4v) is 12.7. The van der Waals surface area contributed by atoms with Gasteiger partial charge in [0.1, 0.15) is 6.07 Å². The molecule has 0 unspecified atom stereocenters. The molecule has 0 spiro atoms. The predicted molar refractivity (Wildman–Crippen MR) is 340 cm³/mol. The summed E-state index contributed by atoms with van der Waals surface area (Å²) in [6.07, 6.45) is 0. The first kappa shape index (κ1) is 47.5. The van der Waals surface area contributed by atoms with Crippen molar-refractivity contribution in [3.05, 3.63) is 291 Å². The molecule has 0 aliphatic rings. The summed E-state index contributed by atoms with van der Waals surface area (Å²) in [7, 11) is 0. The Bertz CT molecular complexity index is 4990. The molecule has 0 fully saturated rings. The van der Waals surface area contributed by atoms with Crippen LogP contribution in [-0.2, 0) is 0 Å². The second-order valence-electron chi connectivity index (χ2n) is 21.0. The van der Waals surface area contributed by atoms with Gasteiger partial charge in [-0.3, -0.25) is 0 Å². The lowest BCUT2D eigenvalue weighted by molar-refractivity contribution is 1.04. The summed E-state index contributed by atoms with van der Waals surface area (Å²) in [5, 5.41) is 19.4. The SMILES string of the molecule is N#Cc1c(-c2nc(-c3ccccc3)nc(-c3ccccc3)n2)c(-n2c3ccccc3c3ccccc32)c(-c2cc(-c3ccccc3)cc(-c3ccccc3)c2)c(-n2c3ccccc3c3ccccc32)c1-n1c2ccccc2c2ccccc21. The minimum Gasteiger partial charge on any atom is -0.308 e. The van der Waals surface area contributed by atoms with E-state index in [1.54, 1.807) is 0 Å². The van der Waals surface area contributed by atoms with Crippen molar-refractivity contribution >= 4 is 65.4 Å². The summed E-state index contributed by atoms with van der Waals surface area (Å²) in [6.45, 7) is 0. The van der Waals surface area contributed by atoms with Crippen LogP contribution in [0.25, 0.3) is 150 Å². The highest BCUT2D eigenvalue weighted by molar-refractivity contribution is 6.16. The molecule has 4 heterocycles. The van der Waals surface area contributed by atoms with Crippen LogP contribution in [0, 0.1) is 11.3 Å². The average Bonchev–Trinajstić information content (AvgIpc) is 2.07. The van der Waals surface area contributed by atoms with Gasteiger partial charge in [0.05, 0.1) is 61.3 Å². The zero-order valence-corrected chi connectivity index (χ0v) is 44.8. The lowest BCUT2D eigenvalue weighted by Crippen LogP contribution is -2.15. The van der Waals surface area contributed by atoms with Gasteiger partial charge in [-0.25, -0.2) is 15.0 Å². The van der Waals surface area contributed by atoms with Crippen LogP contribution in [0.2, 0.25) is 0 Å². The van der Waals surface area contributed by atoms with Crippen molar-refractivity contribution in [2.24, 2.45) is 0 Å². The van der Waals surface area contributed by atoms with Crippen LogP contribution in [0.15, 0.2) is 285 Å². The molecule has 12 aromatic carbocycles. The Morgan fingerprint density at radius 2 is 0.518 bits per heavy atom. The average molecular weight is 1060 g/mol. The summed E-state index contributed by atoms with van der Waals surface area (Å²) in [4.78, 5) is 16.6. The highest BCUT2D eigenvalue weighted by Gasteiger charge is 2.35. The summed E-state index contributed by atoms with van der Waals surface area (Å²) in [5.74, 6) is 1.32. The van der Waals surface area contributed by atoms with Crippen LogP contribution in [0.4, 0.5) is 0 Å². The molecule has 0 saturated carbocycles. The van der Waals surface area contributed by atoms with Crippen LogP contribution in [0.1, 0.15) is 5.56 Å². The molecule has 4 aromatic heterocycles. The number of nitrogens with zero attached hydrogens (tertiary/aromatic N) is 7. The molecule has 83 heavy (non-hydrogen) atoms. The number of para-hydroxylation sites is 6. The topological polar surface area (TPSA) is 77.2 Å². The smallest absolute Gasteiger partial charge is 0.167 e. The maximum absolute atomic E-state index is 13.0. The van der Waals surface area contributed by atoms with Crippen molar-refractivity contribution < 1.29 is 0 Å². The lowest BCUT2D eigenvalue weighted by Gasteiger charge is -2.28. The normalized spacial score (nSPS) is 11.6. The number of rotatable bonds is 9. The molecule has 0 saturated heterocycles. The third kappa shape index (κ3) is 7.62. The Balaban J connectivity index is 1.24. The molecule has 16 rings (SSSR count). The van der Waals surface area contributed by atoms with E-state index in [-0.39, 0.29) is 0 Å². The second kappa shape index (κ2) is 19.4. The Hall–Kier alpha value is -11.5. The molecule has 0 bridgehead atoms. The zero-order chi connectivity index (χ0) is 55.0. The molecule has 7 heteroatoms. The van der Waals surface area contributed by atoms with E-state index in [1.807, 2.05) is 60.7 Å². The monoisotopic (exact) mass is 1060 g/mol. The van der Waals surface area contributed by atoms with Crippen LogP contribution in [0.5, 0.6) is 0 Å². The molecule has 386 valence electrons. The second-order valence-corrected chi connectivity index (χ2v) is 21.0. The number of hydrogen-bond acceptors (Lipinski definition) is 4. The lowest BCUT2D eigenvalue weighted by atomic mass is 9.87. The Morgan fingerprint density at radius 3 is 0.867 bits per heavy atom. The van der Waals surface area contributed by atoms with Gasteiger partial charge in [-0.15, -0.1) is 0 Å². The van der Waals surface area contributed by atoms with Crippen molar-refractivity contribution in [2.75, 3.05) is 0 Å². The van der Waals surface area contributed by atoms with Gasteiger partial charge in [0, 0.05) is 49.0 Å². The first-order chi connectivity index (χ1) is 41.2. The van der Waals surface area contributed by atoms with E-state index in [1.165, 1.54) is 0 Å². The van der Waals surface area contributed by atoms with Crippen molar-refractivity contribution in [1.82, 2.24) is 28.7 Å². The highest BCUT2D eigenvalue weighted by atomic mass is 15.1. The Kier molecular flexibility index (Phi) is 11.1. The minimum absolute atomic E-state index is 0.352. The van der Waals surface area contributed by atoms with Crippen molar-refractivity contribution in [3.8, 4) is 90.7 Å². The molecule has 0 aliphatic carbocycles. The first-order valence-electron chi connectivity index (χ1n) is 27.9. The largest absolute Gasteiger partial charge is 0.308 e. The number of benzene rings is 12. The van der Waals surface area contributed by atoms with Gasteiger partial charge in [-0.1, -0.05) is 231 Å². The predicted octanol–water partition coefficient (Wildman–Crippen LogP) is 19.0. The van der Waals surface area contributed by atoms with E-state index >= 15 is 0 Å². The number of hydrogen-bond donors (Lipinski definition) is 0. The fraction of sp³-hybridized carbons (Fsp3) is 0. The molecular formula is C76H47N7. The van der Waals surface area contributed by atoms with Crippen LogP contribution < -0.4 is 0 Å². The van der Waals surface area contributed by atoms with E-state index < -0.39 is 0 Å². The van der Waals surface area contributed by atoms with Crippen molar-refractivity contribution in [1.29, 1.82) is 5.26 Å². The summed E-state index contributed by atoms with van der Waals surface area (Å²) in [6, 6.07) is 103. The minimum atomic E-state index is 0.352. The maximum Gasteiger partial charge on any atom is 0.167 e. The van der Waals surface area contributed by atoms with Crippen molar-refractivity contribution in [3.63, 3.8) is 0 Å². The summed E-state index contributed by atoms with van der Waals surface area (Å²) in [5.41, 5.74) is 16.6. The molecule has 0 radical (unpaired) electrons.